The van der Waals surface area contributed by atoms with Crippen LogP contribution in [0.25, 0.3) is 0 Å². The number of hydrogen-bond acceptors (Lipinski definition) is 3. The van der Waals surface area contributed by atoms with E-state index in [2.05, 4.69) is 10.6 Å². The zero-order valence-corrected chi connectivity index (χ0v) is 10.0. The van der Waals surface area contributed by atoms with Gasteiger partial charge in [-0.05, 0) is 42.7 Å². The number of carboxylic acid groups (broad SMARTS) is 1. The summed E-state index contributed by atoms with van der Waals surface area (Å²) in [6, 6.07) is 0. The second kappa shape index (κ2) is 5.91. The van der Waals surface area contributed by atoms with Crippen LogP contribution in [0.3, 0.4) is 0 Å². The Labute approximate surface area is 106 Å². The minimum atomic E-state index is -0.742. The zero-order valence-electron chi connectivity index (χ0n) is 10.0. The average Bonchev–Trinajstić information content (AvgIpc) is 2.40. The highest BCUT2D eigenvalue weighted by molar-refractivity contribution is 5.66. The van der Waals surface area contributed by atoms with Crippen molar-refractivity contribution in [1.82, 2.24) is 10.6 Å². The molecule has 0 aliphatic carbocycles. The van der Waals surface area contributed by atoms with Crippen molar-refractivity contribution in [3.05, 3.63) is 59.7 Å². The summed E-state index contributed by atoms with van der Waals surface area (Å²) in [6.45, 7) is 0. The Kier molecular flexibility index (Phi) is 4.02. The maximum absolute atomic E-state index is 10.5. The van der Waals surface area contributed by atoms with E-state index < -0.39 is 5.97 Å². The molecule has 0 aromatic rings. The van der Waals surface area contributed by atoms with Gasteiger partial charge in [0.2, 0.25) is 0 Å². The number of aliphatic carboxylic acids is 1. The number of nitrogens with one attached hydrogen (secondary N) is 2. The monoisotopic (exact) mass is 244 g/mol. The van der Waals surface area contributed by atoms with E-state index >= 15 is 0 Å². The van der Waals surface area contributed by atoms with Gasteiger partial charge in [-0.3, -0.25) is 4.79 Å². The van der Waals surface area contributed by atoms with Crippen LogP contribution in [0.15, 0.2) is 59.7 Å². The molecule has 0 saturated heterocycles. The van der Waals surface area contributed by atoms with Crippen molar-refractivity contribution in [2.75, 3.05) is 0 Å². The van der Waals surface area contributed by atoms with Crippen molar-refractivity contribution in [2.24, 2.45) is 0 Å². The van der Waals surface area contributed by atoms with E-state index in [-0.39, 0.29) is 6.42 Å². The summed E-state index contributed by atoms with van der Waals surface area (Å²) in [5.74, 6) is -0.742. The highest BCUT2D eigenvalue weighted by atomic mass is 16.4. The summed E-state index contributed by atoms with van der Waals surface area (Å²) < 4.78 is 0. The fourth-order valence-corrected chi connectivity index (χ4v) is 1.83. The summed E-state index contributed by atoms with van der Waals surface area (Å²) in [7, 11) is 0. The number of rotatable bonds is 4. The lowest BCUT2D eigenvalue weighted by atomic mass is 10.0. The van der Waals surface area contributed by atoms with Gasteiger partial charge in [-0.1, -0.05) is 6.08 Å². The first kappa shape index (κ1) is 12.2. The van der Waals surface area contributed by atoms with Crippen molar-refractivity contribution in [2.45, 2.75) is 19.3 Å². The van der Waals surface area contributed by atoms with Crippen LogP contribution in [0.4, 0.5) is 0 Å². The van der Waals surface area contributed by atoms with Gasteiger partial charge in [-0.15, -0.1) is 0 Å². The van der Waals surface area contributed by atoms with Crippen LogP contribution < -0.4 is 10.6 Å². The summed E-state index contributed by atoms with van der Waals surface area (Å²) >= 11 is 0. The standard InChI is InChI=1S/C14H16N2O2/c17-14(18)6-3-4-11-7-9-16-13(10-11)12-5-1-2-8-15-12/h1-2,5,7-10,15-16H,3-4,6H2,(H,17,18). The Morgan fingerprint density at radius 1 is 1.11 bits per heavy atom. The number of carboxylic acids is 1. The molecule has 2 rings (SSSR count). The second-order valence-corrected chi connectivity index (χ2v) is 4.13. The third kappa shape index (κ3) is 3.38. The molecule has 0 atom stereocenters. The van der Waals surface area contributed by atoms with Gasteiger partial charge in [-0.25, -0.2) is 0 Å². The minimum absolute atomic E-state index is 0.214. The lowest BCUT2D eigenvalue weighted by Crippen LogP contribution is -2.17. The third-order valence-corrected chi connectivity index (χ3v) is 2.72. The van der Waals surface area contributed by atoms with Gasteiger partial charge in [0.25, 0.3) is 0 Å². The van der Waals surface area contributed by atoms with Crippen molar-refractivity contribution < 1.29 is 9.90 Å². The molecule has 0 amide bonds. The van der Waals surface area contributed by atoms with Crippen LogP contribution in [0.1, 0.15) is 19.3 Å². The summed E-state index contributed by atoms with van der Waals surface area (Å²) in [6.07, 6.45) is 15.3. The molecule has 2 aliphatic rings. The van der Waals surface area contributed by atoms with E-state index in [4.69, 9.17) is 5.11 Å². The Hall–Kier alpha value is -2.23. The van der Waals surface area contributed by atoms with E-state index in [9.17, 15) is 4.79 Å². The van der Waals surface area contributed by atoms with Gasteiger partial charge < -0.3 is 15.7 Å². The molecule has 0 fully saturated rings. The van der Waals surface area contributed by atoms with Crippen molar-refractivity contribution in [3.8, 4) is 0 Å². The fourth-order valence-electron chi connectivity index (χ4n) is 1.83. The largest absolute Gasteiger partial charge is 0.481 e. The number of carbonyl (C=O) groups is 1. The Morgan fingerprint density at radius 2 is 1.94 bits per heavy atom. The highest BCUT2D eigenvalue weighted by Gasteiger charge is 2.07. The Bertz CT molecular complexity index is 482. The summed E-state index contributed by atoms with van der Waals surface area (Å²) in [5.41, 5.74) is 3.16. The number of dihydropyridines is 2. The SMILES string of the molecule is O=C(O)CCCC1=CC(=C2C=CC=CN2)NC=C1. The average molecular weight is 244 g/mol. The molecule has 3 N–H and O–H groups in total. The second-order valence-electron chi connectivity index (χ2n) is 4.13. The van der Waals surface area contributed by atoms with Crippen LogP contribution >= 0.6 is 0 Å². The molecular weight excluding hydrogens is 228 g/mol. The zero-order chi connectivity index (χ0) is 12.8. The molecule has 0 aromatic carbocycles. The van der Waals surface area contributed by atoms with Gasteiger partial charge in [-0.2, -0.15) is 0 Å². The number of allylic oxidation sites excluding steroid dienone is 6. The predicted octanol–water partition coefficient (Wildman–Crippen LogP) is 2.17. The van der Waals surface area contributed by atoms with Crippen LogP contribution in [0.2, 0.25) is 0 Å². The molecule has 4 nitrogen and oxygen atoms in total. The lowest BCUT2D eigenvalue weighted by molar-refractivity contribution is -0.137. The third-order valence-electron chi connectivity index (χ3n) is 2.72. The first-order valence-electron chi connectivity index (χ1n) is 5.95. The molecular formula is C14H16N2O2. The van der Waals surface area contributed by atoms with Gasteiger partial charge in [0.05, 0.1) is 11.4 Å². The summed E-state index contributed by atoms with van der Waals surface area (Å²) in [4.78, 5) is 10.5. The maximum atomic E-state index is 10.5. The highest BCUT2D eigenvalue weighted by Crippen LogP contribution is 2.17. The van der Waals surface area contributed by atoms with Crippen molar-refractivity contribution in [1.29, 1.82) is 0 Å². The van der Waals surface area contributed by atoms with Crippen LogP contribution in [-0.4, -0.2) is 11.1 Å². The van der Waals surface area contributed by atoms with Crippen LogP contribution in [0, 0.1) is 0 Å². The topological polar surface area (TPSA) is 61.4 Å². The van der Waals surface area contributed by atoms with Crippen LogP contribution in [-0.2, 0) is 4.79 Å². The Balaban J connectivity index is 2.01. The first-order chi connectivity index (χ1) is 8.75. The number of hydrogen-bond donors (Lipinski definition) is 3. The molecule has 2 aliphatic heterocycles. The fraction of sp³-hybridized carbons (Fsp3) is 0.214. The van der Waals surface area contributed by atoms with E-state index in [0.29, 0.717) is 6.42 Å². The van der Waals surface area contributed by atoms with Crippen molar-refractivity contribution >= 4 is 5.97 Å². The van der Waals surface area contributed by atoms with E-state index in [0.717, 1.165) is 23.4 Å². The molecule has 0 radical (unpaired) electrons. The predicted molar refractivity (Wildman–Crippen MR) is 70.3 cm³/mol. The Morgan fingerprint density at radius 3 is 2.67 bits per heavy atom. The molecule has 4 heteroatoms. The normalized spacial score (nSPS) is 21.2. The van der Waals surface area contributed by atoms with Crippen molar-refractivity contribution in [3.63, 3.8) is 0 Å². The van der Waals surface area contributed by atoms with Gasteiger partial charge in [0, 0.05) is 18.8 Å². The summed E-state index contributed by atoms with van der Waals surface area (Å²) in [5, 5.41) is 15.0. The molecule has 2 heterocycles. The quantitative estimate of drug-likeness (QED) is 0.709. The van der Waals surface area contributed by atoms with Crippen LogP contribution in [0.5, 0.6) is 0 Å². The molecule has 0 saturated carbocycles. The molecule has 0 aromatic heterocycles. The van der Waals surface area contributed by atoms with Gasteiger partial charge >= 0.3 is 5.97 Å². The van der Waals surface area contributed by atoms with E-state index in [1.54, 1.807) is 0 Å². The van der Waals surface area contributed by atoms with Gasteiger partial charge in [0.15, 0.2) is 0 Å². The molecule has 0 unspecified atom stereocenters. The lowest BCUT2D eigenvalue weighted by Gasteiger charge is -2.16. The van der Waals surface area contributed by atoms with E-state index in [1.807, 2.05) is 42.8 Å². The van der Waals surface area contributed by atoms with Gasteiger partial charge in [0.1, 0.15) is 0 Å². The molecule has 0 bridgehead atoms. The first-order valence-corrected chi connectivity index (χ1v) is 5.95. The maximum Gasteiger partial charge on any atom is 0.303 e. The minimum Gasteiger partial charge on any atom is -0.481 e. The molecule has 0 spiro atoms. The van der Waals surface area contributed by atoms with E-state index in [1.165, 1.54) is 0 Å². The molecule has 94 valence electrons. The molecule has 18 heavy (non-hydrogen) atoms. The smallest absolute Gasteiger partial charge is 0.303 e.